The minimum atomic E-state index is 0.456. The Morgan fingerprint density at radius 3 is 2.78 bits per heavy atom. The third-order valence-electron chi connectivity index (χ3n) is 2.42. The zero-order chi connectivity index (χ0) is 12.8. The lowest BCUT2D eigenvalue weighted by Gasteiger charge is -2.07. The molecule has 0 radical (unpaired) electrons. The molecule has 3 N–H and O–H groups in total. The van der Waals surface area contributed by atoms with Gasteiger partial charge in [-0.05, 0) is 24.6 Å². The van der Waals surface area contributed by atoms with E-state index in [9.17, 15) is 0 Å². The summed E-state index contributed by atoms with van der Waals surface area (Å²) in [4.78, 5) is 0. The van der Waals surface area contributed by atoms with Gasteiger partial charge in [-0.1, -0.05) is 12.1 Å². The number of aromatic amines is 1. The SMILES string of the molecule is Cc1cc(OCCOc2cccc(CN)c2)n[nH]1. The van der Waals surface area contributed by atoms with Gasteiger partial charge in [-0.2, -0.15) is 0 Å². The summed E-state index contributed by atoms with van der Waals surface area (Å²) < 4.78 is 11.0. The van der Waals surface area contributed by atoms with Gasteiger partial charge in [0.1, 0.15) is 19.0 Å². The summed E-state index contributed by atoms with van der Waals surface area (Å²) in [5.74, 6) is 1.39. The Bertz CT molecular complexity index is 496. The molecule has 96 valence electrons. The van der Waals surface area contributed by atoms with Crippen molar-refractivity contribution in [3.8, 4) is 11.6 Å². The van der Waals surface area contributed by atoms with Crippen LogP contribution in [-0.4, -0.2) is 23.4 Å². The number of rotatable bonds is 6. The molecular weight excluding hydrogens is 230 g/mol. The molecule has 2 rings (SSSR count). The monoisotopic (exact) mass is 247 g/mol. The van der Waals surface area contributed by atoms with Crippen molar-refractivity contribution < 1.29 is 9.47 Å². The van der Waals surface area contributed by atoms with E-state index in [1.54, 1.807) is 0 Å². The van der Waals surface area contributed by atoms with Crippen LogP contribution in [0.15, 0.2) is 30.3 Å². The molecule has 1 heterocycles. The van der Waals surface area contributed by atoms with Crippen LogP contribution in [0.3, 0.4) is 0 Å². The van der Waals surface area contributed by atoms with Gasteiger partial charge in [-0.3, -0.25) is 5.10 Å². The maximum Gasteiger partial charge on any atom is 0.232 e. The molecule has 0 saturated carbocycles. The van der Waals surface area contributed by atoms with Crippen molar-refractivity contribution in [2.24, 2.45) is 5.73 Å². The molecule has 5 nitrogen and oxygen atoms in total. The second-order valence-corrected chi connectivity index (χ2v) is 3.94. The molecule has 0 atom stereocenters. The highest BCUT2D eigenvalue weighted by molar-refractivity contribution is 5.28. The van der Waals surface area contributed by atoms with Crippen LogP contribution in [0.5, 0.6) is 11.6 Å². The lowest BCUT2D eigenvalue weighted by Crippen LogP contribution is -2.09. The first kappa shape index (κ1) is 12.4. The summed E-state index contributed by atoms with van der Waals surface area (Å²) in [6.45, 7) is 3.37. The van der Waals surface area contributed by atoms with E-state index >= 15 is 0 Å². The van der Waals surface area contributed by atoms with E-state index in [0.717, 1.165) is 17.0 Å². The first-order valence-corrected chi connectivity index (χ1v) is 5.84. The lowest BCUT2D eigenvalue weighted by atomic mass is 10.2. The maximum atomic E-state index is 5.56. The molecule has 0 aliphatic carbocycles. The van der Waals surface area contributed by atoms with Crippen LogP contribution in [0.4, 0.5) is 0 Å². The van der Waals surface area contributed by atoms with Gasteiger partial charge in [-0.15, -0.1) is 5.10 Å². The summed E-state index contributed by atoms with van der Waals surface area (Å²) in [6.07, 6.45) is 0. The highest BCUT2D eigenvalue weighted by Crippen LogP contribution is 2.13. The zero-order valence-electron chi connectivity index (χ0n) is 10.3. The third kappa shape index (κ3) is 3.49. The Kier molecular flexibility index (Phi) is 4.20. The van der Waals surface area contributed by atoms with Crippen molar-refractivity contribution in [3.63, 3.8) is 0 Å². The molecule has 0 aliphatic heterocycles. The lowest BCUT2D eigenvalue weighted by molar-refractivity contribution is 0.211. The van der Waals surface area contributed by atoms with Gasteiger partial charge >= 0.3 is 0 Å². The Morgan fingerprint density at radius 1 is 1.22 bits per heavy atom. The molecule has 0 bridgehead atoms. The number of benzene rings is 1. The Balaban J connectivity index is 1.74. The standard InChI is InChI=1S/C13H17N3O2/c1-10-7-13(16-15-10)18-6-5-17-12-4-2-3-11(8-12)9-14/h2-4,7-8H,5-6,9,14H2,1H3,(H,15,16). The molecule has 1 aromatic heterocycles. The molecule has 1 aromatic carbocycles. The largest absolute Gasteiger partial charge is 0.490 e. The van der Waals surface area contributed by atoms with E-state index < -0.39 is 0 Å². The highest BCUT2D eigenvalue weighted by atomic mass is 16.5. The van der Waals surface area contributed by atoms with Gasteiger partial charge in [0.25, 0.3) is 0 Å². The molecule has 0 spiro atoms. The van der Waals surface area contributed by atoms with Gasteiger partial charge in [0.15, 0.2) is 0 Å². The number of aryl methyl sites for hydroxylation is 1. The fourth-order valence-electron chi connectivity index (χ4n) is 1.53. The van der Waals surface area contributed by atoms with Crippen molar-refractivity contribution in [2.75, 3.05) is 13.2 Å². The van der Waals surface area contributed by atoms with Gasteiger partial charge in [0, 0.05) is 18.3 Å². The van der Waals surface area contributed by atoms with E-state index in [2.05, 4.69) is 10.2 Å². The molecule has 0 amide bonds. The van der Waals surface area contributed by atoms with Gasteiger partial charge in [0.05, 0.1) is 0 Å². The molecule has 2 aromatic rings. The second kappa shape index (κ2) is 6.07. The summed E-state index contributed by atoms with van der Waals surface area (Å²) >= 11 is 0. The van der Waals surface area contributed by atoms with Crippen LogP contribution in [0.25, 0.3) is 0 Å². The zero-order valence-corrected chi connectivity index (χ0v) is 10.3. The molecule has 0 aliphatic rings. The molecule has 0 fully saturated rings. The van der Waals surface area contributed by atoms with E-state index in [1.807, 2.05) is 37.3 Å². The number of nitrogens with two attached hydrogens (primary N) is 1. The van der Waals surface area contributed by atoms with Gasteiger partial charge < -0.3 is 15.2 Å². The number of nitrogens with zero attached hydrogens (tertiary/aromatic N) is 1. The quantitative estimate of drug-likeness (QED) is 0.761. The van der Waals surface area contributed by atoms with Gasteiger partial charge in [0.2, 0.25) is 5.88 Å². The average molecular weight is 247 g/mol. The maximum absolute atomic E-state index is 5.56. The fraction of sp³-hybridized carbons (Fsp3) is 0.308. The number of hydrogen-bond donors (Lipinski definition) is 2. The van der Waals surface area contributed by atoms with Crippen LogP contribution in [0.1, 0.15) is 11.3 Å². The van der Waals surface area contributed by atoms with Crippen molar-refractivity contribution in [1.29, 1.82) is 0 Å². The summed E-state index contributed by atoms with van der Waals surface area (Å²) in [7, 11) is 0. The normalized spacial score (nSPS) is 10.3. The fourth-order valence-corrected chi connectivity index (χ4v) is 1.53. The van der Waals surface area contributed by atoms with E-state index in [-0.39, 0.29) is 0 Å². The molecule has 5 heteroatoms. The summed E-state index contributed by atoms with van der Waals surface area (Å²) in [6, 6.07) is 9.57. The van der Waals surface area contributed by atoms with Gasteiger partial charge in [-0.25, -0.2) is 0 Å². The van der Waals surface area contributed by atoms with Crippen molar-refractivity contribution in [1.82, 2.24) is 10.2 Å². The minimum Gasteiger partial charge on any atom is -0.490 e. The Labute approximate surface area is 106 Å². The molecular formula is C13H17N3O2. The van der Waals surface area contributed by atoms with Crippen LogP contribution in [-0.2, 0) is 6.54 Å². The molecule has 0 unspecified atom stereocenters. The molecule has 0 saturated heterocycles. The second-order valence-electron chi connectivity index (χ2n) is 3.94. The Morgan fingerprint density at radius 2 is 2.06 bits per heavy atom. The number of ether oxygens (including phenoxy) is 2. The Hall–Kier alpha value is -2.01. The topological polar surface area (TPSA) is 73.2 Å². The number of nitrogens with one attached hydrogen (secondary N) is 1. The average Bonchev–Trinajstić information content (AvgIpc) is 2.81. The third-order valence-corrected chi connectivity index (χ3v) is 2.42. The minimum absolute atomic E-state index is 0.456. The number of hydrogen-bond acceptors (Lipinski definition) is 4. The predicted octanol–water partition coefficient (Wildman–Crippen LogP) is 1.63. The first-order chi connectivity index (χ1) is 8.78. The van der Waals surface area contributed by atoms with Crippen molar-refractivity contribution >= 4 is 0 Å². The first-order valence-electron chi connectivity index (χ1n) is 5.84. The number of H-pyrrole nitrogens is 1. The highest BCUT2D eigenvalue weighted by Gasteiger charge is 1.99. The van der Waals surface area contributed by atoms with Crippen molar-refractivity contribution in [3.05, 3.63) is 41.6 Å². The van der Waals surface area contributed by atoms with Crippen LogP contribution in [0.2, 0.25) is 0 Å². The predicted molar refractivity (Wildman–Crippen MR) is 68.6 cm³/mol. The summed E-state index contributed by atoms with van der Waals surface area (Å²) in [5.41, 5.74) is 7.59. The summed E-state index contributed by atoms with van der Waals surface area (Å²) in [5, 5.41) is 6.78. The van der Waals surface area contributed by atoms with Crippen LogP contribution >= 0.6 is 0 Å². The molecule has 18 heavy (non-hydrogen) atoms. The van der Waals surface area contributed by atoms with Crippen molar-refractivity contribution in [2.45, 2.75) is 13.5 Å². The van der Waals surface area contributed by atoms with E-state index in [4.69, 9.17) is 15.2 Å². The smallest absolute Gasteiger partial charge is 0.232 e. The van der Waals surface area contributed by atoms with Crippen LogP contribution in [0, 0.1) is 6.92 Å². The van der Waals surface area contributed by atoms with Crippen LogP contribution < -0.4 is 15.2 Å². The number of aromatic nitrogens is 2. The van der Waals surface area contributed by atoms with E-state index in [1.165, 1.54) is 0 Å². The van der Waals surface area contributed by atoms with E-state index in [0.29, 0.717) is 25.6 Å².